The second kappa shape index (κ2) is 9.88. The molecule has 1 aliphatic carbocycles. The van der Waals surface area contributed by atoms with Gasteiger partial charge in [0.15, 0.2) is 0 Å². The third-order valence-electron chi connectivity index (χ3n) is 5.46. The summed E-state index contributed by atoms with van der Waals surface area (Å²) in [6, 6.07) is 4.10. The fourth-order valence-electron chi connectivity index (χ4n) is 4.03. The number of ether oxygens (including phenoxy) is 2. The predicted octanol–water partition coefficient (Wildman–Crippen LogP) is 4.43. The van der Waals surface area contributed by atoms with Crippen molar-refractivity contribution < 1.29 is 19.1 Å². The molecule has 1 aromatic rings. The van der Waals surface area contributed by atoms with Crippen LogP contribution in [0.5, 0.6) is 0 Å². The van der Waals surface area contributed by atoms with Crippen molar-refractivity contribution in [2.45, 2.75) is 78.0 Å². The number of carbonyl (C=O) groups excluding carboxylic acids is 2. The van der Waals surface area contributed by atoms with Crippen LogP contribution < -0.4 is 10.2 Å². The third-order valence-corrected chi connectivity index (χ3v) is 5.46. The fourth-order valence-corrected chi connectivity index (χ4v) is 4.03. The normalized spacial score (nSPS) is 18.8. The molecule has 1 aliphatic rings. The quantitative estimate of drug-likeness (QED) is 0.570. The Balaban J connectivity index is 2.14. The van der Waals surface area contributed by atoms with E-state index in [1.165, 1.54) is 7.11 Å². The van der Waals surface area contributed by atoms with Gasteiger partial charge in [-0.2, -0.15) is 0 Å². The molecule has 0 aromatic heterocycles. The molecule has 164 valence electrons. The van der Waals surface area contributed by atoms with Crippen molar-refractivity contribution in [3.05, 3.63) is 28.8 Å². The summed E-state index contributed by atoms with van der Waals surface area (Å²) in [5, 5.41) is 2.99. The Labute approximate surface area is 180 Å². The number of rotatable bonds is 5. The number of amides is 1. The second-order valence-corrected chi connectivity index (χ2v) is 8.74. The van der Waals surface area contributed by atoms with Crippen molar-refractivity contribution in [1.82, 2.24) is 5.32 Å². The first kappa shape index (κ1) is 23.6. The van der Waals surface area contributed by atoms with Gasteiger partial charge in [-0.3, -0.25) is 0 Å². The molecule has 0 aliphatic heterocycles. The first-order valence-electron chi connectivity index (χ1n) is 10.5. The molecule has 2 rings (SSSR count). The molecule has 0 spiro atoms. The van der Waals surface area contributed by atoms with Crippen LogP contribution in [0.4, 0.5) is 10.5 Å². The maximum Gasteiger partial charge on any atom is 0.407 e. The van der Waals surface area contributed by atoms with Crippen LogP contribution in [0.2, 0.25) is 0 Å². The highest BCUT2D eigenvalue weighted by atomic mass is 16.6. The number of terminal acetylenes is 1. The van der Waals surface area contributed by atoms with Crippen molar-refractivity contribution in [3.8, 4) is 12.3 Å². The second-order valence-electron chi connectivity index (χ2n) is 8.74. The molecule has 0 radical (unpaired) electrons. The molecule has 0 saturated heterocycles. The molecule has 1 N–H and O–H groups in total. The van der Waals surface area contributed by atoms with E-state index in [2.05, 4.69) is 23.1 Å². The van der Waals surface area contributed by atoms with Crippen LogP contribution in [-0.4, -0.2) is 43.4 Å². The van der Waals surface area contributed by atoms with E-state index < -0.39 is 5.60 Å². The summed E-state index contributed by atoms with van der Waals surface area (Å²) in [6.07, 6.45) is 8.88. The Morgan fingerprint density at radius 1 is 1.23 bits per heavy atom. The lowest BCUT2D eigenvalue weighted by atomic mass is 9.89. The topological polar surface area (TPSA) is 67.9 Å². The lowest BCUT2D eigenvalue weighted by molar-refractivity contribution is 0.0490. The van der Waals surface area contributed by atoms with Crippen LogP contribution in [-0.2, 0) is 9.47 Å². The van der Waals surface area contributed by atoms with Gasteiger partial charge in [0.2, 0.25) is 0 Å². The Bertz CT molecular complexity index is 812. The highest BCUT2D eigenvalue weighted by Crippen LogP contribution is 2.32. The van der Waals surface area contributed by atoms with E-state index in [-0.39, 0.29) is 18.1 Å². The van der Waals surface area contributed by atoms with Crippen molar-refractivity contribution in [3.63, 3.8) is 0 Å². The molecule has 1 fully saturated rings. The molecule has 1 aromatic carbocycles. The van der Waals surface area contributed by atoms with E-state index in [0.717, 1.165) is 43.5 Å². The number of hydrogen-bond acceptors (Lipinski definition) is 5. The van der Waals surface area contributed by atoms with Gasteiger partial charge in [0.1, 0.15) is 5.60 Å². The first-order valence-corrected chi connectivity index (χ1v) is 10.5. The van der Waals surface area contributed by atoms with Gasteiger partial charge in [-0.05, 0) is 78.0 Å². The molecule has 1 saturated carbocycles. The van der Waals surface area contributed by atoms with E-state index in [0.29, 0.717) is 17.2 Å². The van der Waals surface area contributed by atoms with Crippen molar-refractivity contribution >= 4 is 17.7 Å². The smallest absolute Gasteiger partial charge is 0.407 e. The van der Waals surface area contributed by atoms with Crippen LogP contribution >= 0.6 is 0 Å². The summed E-state index contributed by atoms with van der Waals surface area (Å²) in [7, 11) is 1.38. The predicted molar refractivity (Wildman–Crippen MR) is 119 cm³/mol. The summed E-state index contributed by atoms with van der Waals surface area (Å²) >= 11 is 0. The van der Waals surface area contributed by atoms with Gasteiger partial charge in [-0.1, -0.05) is 5.92 Å². The van der Waals surface area contributed by atoms with Crippen LogP contribution in [0.25, 0.3) is 0 Å². The minimum absolute atomic E-state index is 0.110. The number of methoxy groups -OCH3 is 1. The molecule has 30 heavy (non-hydrogen) atoms. The van der Waals surface area contributed by atoms with E-state index in [9.17, 15) is 9.59 Å². The molecule has 0 unspecified atom stereocenters. The van der Waals surface area contributed by atoms with Crippen molar-refractivity contribution in [1.29, 1.82) is 0 Å². The van der Waals surface area contributed by atoms with Crippen LogP contribution in [0.3, 0.4) is 0 Å². The standard InChI is InChI=1S/C24H34N2O4/c1-8-17-14-20(22(27)29-7)16(3)21(15-17)26(9-2)19-12-10-18(11-13-19)25-23(28)30-24(4,5)6/h1,14-15,18-19H,9-13H2,2-7H3,(H,25,28). The Morgan fingerprint density at radius 2 is 1.87 bits per heavy atom. The largest absolute Gasteiger partial charge is 0.465 e. The number of nitrogens with zero attached hydrogens (tertiary/aromatic N) is 1. The SMILES string of the molecule is C#Cc1cc(C(=O)OC)c(C)c(N(CC)C2CCC(NC(=O)OC(C)(C)C)CC2)c1. The number of benzene rings is 1. The van der Waals surface area contributed by atoms with E-state index in [1.54, 1.807) is 6.07 Å². The van der Waals surface area contributed by atoms with Crippen LogP contribution in [0.15, 0.2) is 12.1 Å². The number of hydrogen-bond donors (Lipinski definition) is 1. The van der Waals surface area contributed by atoms with Crippen molar-refractivity contribution in [2.75, 3.05) is 18.6 Å². The number of anilines is 1. The maximum atomic E-state index is 12.2. The van der Waals surface area contributed by atoms with Gasteiger partial charge in [0, 0.05) is 29.9 Å². The number of alkyl carbamates (subject to hydrolysis) is 1. The number of carbonyl (C=O) groups is 2. The molecule has 0 bridgehead atoms. The molecule has 0 atom stereocenters. The minimum Gasteiger partial charge on any atom is -0.465 e. The highest BCUT2D eigenvalue weighted by molar-refractivity contribution is 5.93. The Hall–Kier alpha value is -2.68. The zero-order chi connectivity index (χ0) is 22.5. The Kier molecular flexibility index (Phi) is 7.77. The Morgan fingerprint density at radius 3 is 2.37 bits per heavy atom. The zero-order valence-corrected chi connectivity index (χ0v) is 19.0. The minimum atomic E-state index is -0.503. The molecular formula is C24H34N2O4. The van der Waals surface area contributed by atoms with E-state index >= 15 is 0 Å². The third kappa shape index (κ3) is 5.91. The van der Waals surface area contributed by atoms with Crippen LogP contribution in [0, 0.1) is 19.3 Å². The molecule has 0 heterocycles. The van der Waals surface area contributed by atoms with Gasteiger partial charge in [-0.15, -0.1) is 6.42 Å². The van der Waals surface area contributed by atoms with Gasteiger partial charge in [-0.25, -0.2) is 9.59 Å². The van der Waals surface area contributed by atoms with E-state index in [4.69, 9.17) is 15.9 Å². The summed E-state index contributed by atoms with van der Waals surface area (Å²) < 4.78 is 10.3. The monoisotopic (exact) mass is 414 g/mol. The van der Waals surface area contributed by atoms with Gasteiger partial charge >= 0.3 is 12.1 Å². The molecule has 1 amide bonds. The summed E-state index contributed by atoms with van der Waals surface area (Å²) in [5.41, 5.74) is 2.50. The zero-order valence-electron chi connectivity index (χ0n) is 19.0. The molecule has 6 nitrogen and oxygen atoms in total. The maximum absolute atomic E-state index is 12.2. The number of esters is 1. The average molecular weight is 415 g/mol. The van der Waals surface area contributed by atoms with Gasteiger partial charge in [0.05, 0.1) is 12.7 Å². The average Bonchev–Trinajstić information content (AvgIpc) is 2.68. The van der Waals surface area contributed by atoms with Gasteiger partial charge < -0.3 is 19.7 Å². The van der Waals surface area contributed by atoms with Gasteiger partial charge in [0.25, 0.3) is 0 Å². The summed E-state index contributed by atoms with van der Waals surface area (Å²) in [6.45, 7) is 10.4. The summed E-state index contributed by atoms with van der Waals surface area (Å²) in [4.78, 5) is 26.6. The molecular weight excluding hydrogens is 380 g/mol. The van der Waals surface area contributed by atoms with Crippen LogP contribution in [0.1, 0.15) is 74.9 Å². The molecule has 6 heteroatoms. The lowest BCUT2D eigenvalue weighted by Crippen LogP contribution is -2.45. The lowest BCUT2D eigenvalue weighted by Gasteiger charge is -2.39. The number of nitrogens with one attached hydrogen (secondary N) is 1. The summed E-state index contributed by atoms with van der Waals surface area (Å²) in [5.74, 6) is 2.26. The highest BCUT2D eigenvalue weighted by Gasteiger charge is 2.29. The fraction of sp³-hybridized carbons (Fsp3) is 0.583. The van der Waals surface area contributed by atoms with Crippen molar-refractivity contribution in [2.24, 2.45) is 0 Å². The first-order chi connectivity index (χ1) is 14.1. The van der Waals surface area contributed by atoms with E-state index in [1.807, 2.05) is 33.8 Å².